The number of aryl methyl sites for hydroxylation is 1. The molecule has 15 heavy (non-hydrogen) atoms. The molecule has 2 rings (SSSR count). The fraction of sp³-hybridized carbons (Fsp3) is 0.250. The first-order chi connectivity index (χ1) is 7.31. The molecule has 3 heteroatoms. The van der Waals surface area contributed by atoms with Crippen molar-refractivity contribution in [1.29, 1.82) is 0 Å². The quantitative estimate of drug-likeness (QED) is 0.611. The molecule has 1 aromatic carbocycles. The summed E-state index contributed by atoms with van der Waals surface area (Å²) in [5.74, 6) is 0. The molecule has 0 aliphatic heterocycles. The van der Waals surface area contributed by atoms with Crippen molar-refractivity contribution in [1.82, 2.24) is 4.98 Å². The third-order valence-electron chi connectivity index (χ3n) is 2.50. The van der Waals surface area contributed by atoms with Gasteiger partial charge in [0.05, 0.1) is 6.61 Å². The molecule has 0 saturated carbocycles. The van der Waals surface area contributed by atoms with Crippen molar-refractivity contribution in [2.24, 2.45) is 0 Å². The van der Waals surface area contributed by atoms with Gasteiger partial charge in [0.1, 0.15) is 0 Å². The lowest BCUT2D eigenvalue weighted by Gasteiger charge is -1.94. The second-order valence-electron chi connectivity index (χ2n) is 3.55. The number of nitrogens with one attached hydrogen (secondary N) is 1. The first-order valence-corrected chi connectivity index (χ1v) is 4.94. The van der Waals surface area contributed by atoms with E-state index in [0.29, 0.717) is 13.1 Å². The van der Waals surface area contributed by atoms with Crippen LogP contribution in [0.1, 0.15) is 11.3 Å². The van der Waals surface area contributed by atoms with Crippen molar-refractivity contribution >= 4 is 17.4 Å². The highest BCUT2D eigenvalue weighted by Gasteiger charge is 2.02. The average Bonchev–Trinajstić information content (AvgIpc) is 2.63. The molecule has 0 aliphatic carbocycles. The smallest absolute Gasteiger partial charge is 0.293 e. The zero-order chi connectivity index (χ0) is 10.7. The van der Waals surface area contributed by atoms with Crippen molar-refractivity contribution in [3.8, 4) is 0 Å². The number of aromatic amines is 1. The normalized spacial score (nSPS) is 10.5. The maximum Gasteiger partial charge on any atom is 0.293 e. The summed E-state index contributed by atoms with van der Waals surface area (Å²) in [5.41, 5.74) is 3.49. The number of carbonyl (C=O) groups is 1. The number of benzene rings is 1. The maximum atomic E-state index is 9.99. The van der Waals surface area contributed by atoms with E-state index in [1.807, 2.05) is 12.1 Å². The summed E-state index contributed by atoms with van der Waals surface area (Å²) >= 11 is 0. The van der Waals surface area contributed by atoms with Crippen LogP contribution in [0.5, 0.6) is 0 Å². The van der Waals surface area contributed by atoms with Crippen LogP contribution in [0.15, 0.2) is 24.3 Å². The molecule has 1 heterocycles. The molecule has 3 nitrogen and oxygen atoms in total. The SMILES string of the molecule is Cc1cccc2[nH]c(CCOC=O)cc12. The van der Waals surface area contributed by atoms with E-state index in [-0.39, 0.29) is 0 Å². The zero-order valence-corrected chi connectivity index (χ0v) is 8.62. The van der Waals surface area contributed by atoms with E-state index >= 15 is 0 Å². The van der Waals surface area contributed by atoms with Gasteiger partial charge in [-0.3, -0.25) is 4.79 Å². The number of carbonyl (C=O) groups excluding carboxylic acids is 1. The first-order valence-electron chi connectivity index (χ1n) is 4.94. The van der Waals surface area contributed by atoms with Gasteiger partial charge in [0.25, 0.3) is 6.47 Å². The van der Waals surface area contributed by atoms with Gasteiger partial charge in [-0.2, -0.15) is 0 Å². The van der Waals surface area contributed by atoms with Gasteiger partial charge in [-0.1, -0.05) is 12.1 Å². The second kappa shape index (κ2) is 4.17. The molecule has 0 bridgehead atoms. The monoisotopic (exact) mass is 203 g/mol. The van der Waals surface area contributed by atoms with E-state index in [4.69, 9.17) is 0 Å². The fourth-order valence-electron chi connectivity index (χ4n) is 1.72. The Morgan fingerprint density at radius 1 is 1.47 bits per heavy atom. The van der Waals surface area contributed by atoms with Gasteiger partial charge in [-0.05, 0) is 24.6 Å². The first kappa shape index (κ1) is 9.77. The Kier molecular flexibility index (Phi) is 2.72. The minimum absolute atomic E-state index is 0.426. The minimum atomic E-state index is 0.426. The molecule has 0 aliphatic rings. The van der Waals surface area contributed by atoms with Crippen molar-refractivity contribution in [3.63, 3.8) is 0 Å². The van der Waals surface area contributed by atoms with Crippen LogP contribution in [0, 0.1) is 6.92 Å². The van der Waals surface area contributed by atoms with Crippen LogP contribution in [-0.2, 0) is 16.0 Å². The molecule has 0 amide bonds. The molecule has 0 saturated heterocycles. The predicted octanol–water partition coefficient (Wildman–Crippen LogP) is 2.19. The van der Waals surface area contributed by atoms with Crippen LogP contribution in [0.4, 0.5) is 0 Å². The Hall–Kier alpha value is -1.77. The molecule has 1 N–H and O–H groups in total. The molecule has 1 aromatic heterocycles. The van der Waals surface area contributed by atoms with Gasteiger partial charge in [0.2, 0.25) is 0 Å². The average molecular weight is 203 g/mol. The summed E-state index contributed by atoms with van der Waals surface area (Å²) in [6, 6.07) is 8.27. The third kappa shape index (κ3) is 2.01. The van der Waals surface area contributed by atoms with E-state index in [0.717, 1.165) is 17.6 Å². The van der Waals surface area contributed by atoms with E-state index in [1.54, 1.807) is 0 Å². The number of aromatic nitrogens is 1. The molecule has 0 atom stereocenters. The van der Waals surface area contributed by atoms with Crippen LogP contribution in [-0.4, -0.2) is 18.1 Å². The highest BCUT2D eigenvalue weighted by Crippen LogP contribution is 2.19. The van der Waals surface area contributed by atoms with Gasteiger partial charge in [0, 0.05) is 23.0 Å². The summed E-state index contributed by atoms with van der Waals surface area (Å²) in [4.78, 5) is 13.3. The molecule has 0 fully saturated rings. The maximum absolute atomic E-state index is 9.99. The summed E-state index contributed by atoms with van der Waals surface area (Å²) in [7, 11) is 0. The predicted molar refractivity (Wildman–Crippen MR) is 58.8 cm³/mol. The molecule has 0 unspecified atom stereocenters. The molecular formula is C12H13NO2. The highest BCUT2D eigenvalue weighted by molar-refractivity contribution is 5.83. The van der Waals surface area contributed by atoms with Crippen molar-refractivity contribution in [2.45, 2.75) is 13.3 Å². The minimum Gasteiger partial charge on any atom is -0.467 e. The van der Waals surface area contributed by atoms with Gasteiger partial charge < -0.3 is 9.72 Å². The zero-order valence-electron chi connectivity index (χ0n) is 8.62. The molecule has 2 aromatic rings. The summed E-state index contributed by atoms with van der Waals surface area (Å²) in [6.45, 7) is 2.99. The lowest BCUT2D eigenvalue weighted by atomic mass is 10.1. The number of fused-ring (bicyclic) bond motifs is 1. The summed E-state index contributed by atoms with van der Waals surface area (Å²) < 4.78 is 4.66. The Morgan fingerprint density at radius 2 is 2.33 bits per heavy atom. The van der Waals surface area contributed by atoms with Gasteiger partial charge in [0.15, 0.2) is 0 Å². The lowest BCUT2D eigenvalue weighted by molar-refractivity contribution is -0.128. The van der Waals surface area contributed by atoms with Gasteiger partial charge >= 0.3 is 0 Å². The van der Waals surface area contributed by atoms with E-state index in [9.17, 15) is 4.79 Å². The van der Waals surface area contributed by atoms with Crippen LogP contribution in [0.2, 0.25) is 0 Å². The molecular weight excluding hydrogens is 190 g/mol. The Morgan fingerprint density at radius 3 is 3.07 bits per heavy atom. The molecule has 0 radical (unpaired) electrons. The second-order valence-corrected chi connectivity index (χ2v) is 3.55. The number of rotatable bonds is 4. The Balaban J connectivity index is 2.23. The van der Waals surface area contributed by atoms with Crippen LogP contribution in [0.3, 0.4) is 0 Å². The van der Waals surface area contributed by atoms with Crippen LogP contribution >= 0.6 is 0 Å². The van der Waals surface area contributed by atoms with E-state index < -0.39 is 0 Å². The largest absolute Gasteiger partial charge is 0.467 e. The van der Waals surface area contributed by atoms with Crippen LogP contribution < -0.4 is 0 Å². The van der Waals surface area contributed by atoms with Crippen molar-refractivity contribution < 1.29 is 9.53 Å². The number of ether oxygens (including phenoxy) is 1. The number of H-pyrrole nitrogens is 1. The molecule has 0 spiro atoms. The topological polar surface area (TPSA) is 42.1 Å². The number of hydrogen-bond acceptors (Lipinski definition) is 2. The number of hydrogen-bond donors (Lipinski definition) is 1. The van der Waals surface area contributed by atoms with Gasteiger partial charge in [-0.25, -0.2) is 0 Å². The Bertz CT molecular complexity index is 473. The highest BCUT2D eigenvalue weighted by atomic mass is 16.5. The summed E-state index contributed by atoms with van der Waals surface area (Å²) in [5, 5.41) is 1.23. The standard InChI is InChI=1S/C12H13NO2/c1-9-3-2-4-12-11(9)7-10(13-12)5-6-15-8-14/h2-4,7-8,13H,5-6H2,1H3. The fourth-order valence-corrected chi connectivity index (χ4v) is 1.72. The van der Waals surface area contributed by atoms with Crippen molar-refractivity contribution in [2.75, 3.05) is 6.61 Å². The molecule has 78 valence electrons. The van der Waals surface area contributed by atoms with E-state index in [1.165, 1.54) is 10.9 Å². The Labute approximate surface area is 88.1 Å². The van der Waals surface area contributed by atoms with Crippen molar-refractivity contribution in [3.05, 3.63) is 35.5 Å². The third-order valence-corrected chi connectivity index (χ3v) is 2.50. The lowest BCUT2D eigenvalue weighted by Crippen LogP contribution is -1.96. The van der Waals surface area contributed by atoms with Crippen LogP contribution in [0.25, 0.3) is 10.9 Å². The van der Waals surface area contributed by atoms with E-state index in [2.05, 4.69) is 28.8 Å². The van der Waals surface area contributed by atoms with Gasteiger partial charge in [-0.15, -0.1) is 0 Å². The summed E-state index contributed by atoms with van der Waals surface area (Å²) in [6.07, 6.45) is 0.729.